The van der Waals surface area contributed by atoms with Crippen molar-refractivity contribution in [1.29, 1.82) is 0 Å². The molecule has 1 aromatic rings. The number of methoxy groups -OCH3 is 2. The van der Waals surface area contributed by atoms with E-state index < -0.39 is 23.8 Å². The highest BCUT2D eigenvalue weighted by atomic mass is 16.5. The zero-order valence-corrected chi connectivity index (χ0v) is 11.5. The quantitative estimate of drug-likeness (QED) is 0.555. The zero-order valence-electron chi connectivity index (χ0n) is 11.5. The van der Waals surface area contributed by atoms with E-state index in [1.54, 1.807) is 0 Å². The summed E-state index contributed by atoms with van der Waals surface area (Å²) < 4.78 is 9.95. The van der Waals surface area contributed by atoms with Crippen LogP contribution in [0.25, 0.3) is 0 Å². The Morgan fingerprint density at radius 3 is 1.36 bits per heavy atom. The summed E-state index contributed by atoms with van der Waals surface area (Å²) in [4.78, 5) is 43.6. The van der Waals surface area contributed by atoms with Gasteiger partial charge in [0.05, 0.1) is 25.6 Å². The molecule has 0 radical (unpaired) electrons. The molecule has 10 heteroatoms. The van der Waals surface area contributed by atoms with Crippen LogP contribution in [0.15, 0.2) is 12.1 Å². The van der Waals surface area contributed by atoms with Crippen molar-refractivity contribution in [2.45, 2.75) is 0 Å². The van der Waals surface area contributed by atoms with E-state index in [1.165, 1.54) is 26.4 Å². The standard InChI is InChI=1S/C12H12N2O8/c1-21-7-3-5(13-9(15)11(17)18)6(4-8(7)22-2)14-10(16)12(19)20/h3-4H,1-2H3,(H,13,15)(H,14,16)(H,17,18)(H,19,20). The Labute approximate surface area is 123 Å². The van der Waals surface area contributed by atoms with E-state index in [-0.39, 0.29) is 22.9 Å². The number of benzene rings is 1. The molecule has 22 heavy (non-hydrogen) atoms. The first-order chi connectivity index (χ1) is 10.3. The number of carbonyl (C=O) groups excluding carboxylic acids is 2. The molecule has 0 aliphatic carbocycles. The van der Waals surface area contributed by atoms with Crippen LogP contribution >= 0.6 is 0 Å². The maximum Gasteiger partial charge on any atom is 0.394 e. The minimum absolute atomic E-state index is 0.136. The molecule has 0 bridgehead atoms. The number of nitrogens with one attached hydrogen (secondary N) is 2. The summed E-state index contributed by atoms with van der Waals surface area (Å²) in [5.41, 5.74) is -0.334. The molecule has 0 fully saturated rings. The van der Waals surface area contributed by atoms with Crippen LogP contribution in [0, 0.1) is 0 Å². The van der Waals surface area contributed by atoms with Crippen LogP contribution in [0.3, 0.4) is 0 Å². The zero-order chi connectivity index (χ0) is 16.9. The second-order valence-corrected chi connectivity index (χ2v) is 3.77. The van der Waals surface area contributed by atoms with E-state index in [2.05, 4.69) is 0 Å². The maximum atomic E-state index is 11.2. The topological polar surface area (TPSA) is 151 Å². The van der Waals surface area contributed by atoms with Gasteiger partial charge in [-0.1, -0.05) is 0 Å². The Balaban J connectivity index is 3.29. The first kappa shape index (κ1) is 16.8. The predicted molar refractivity (Wildman–Crippen MR) is 72.1 cm³/mol. The molecule has 0 saturated heterocycles. The van der Waals surface area contributed by atoms with E-state index in [9.17, 15) is 19.2 Å². The number of rotatable bonds is 4. The van der Waals surface area contributed by atoms with Gasteiger partial charge in [0.1, 0.15) is 0 Å². The summed E-state index contributed by atoms with van der Waals surface area (Å²) in [7, 11) is 2.60. The highest BCUT2D eigenvalue weighted by Crippen LogP contribution is 2.36. The van der Waals surface area contributed by atoms with Gasteiger partial charge in [-0.25, -0.2) is 9.59 Å². The van der Waals surface area contributed by atoms with Crippen molar-refractivity contribution in [3.05, 3.63) is 12.1 Å². The third-order valence-corrected chi connectivity index (χ3v) is 2.41. The highest BCUT2D eigenvalue weighted by Gasteiger charge is 2.20. The Hall–Kier alpha value is -3.30. The monoisotopic (exact) mass is 312 g/mol. The molecule has 0 atom stereocenters. The number of carboxylic acids is 2. The van der Waals surface area contributed by atoms with Crippen molar-refractivity contribution in [2.75, 3.05) is 24.9 Å². The van der Waals surface area contributed by atoms with Crippen molar-refractivity contribution in [3.8, 4) is 11.5 Å². The van der Waals surface area contributed by atoms with Crippen LogP contribution in [0.2, 0.25) is 0 Å². The van der Waals surface area contributed by atoms with E-state index in [4.69, 9.17) is 19.7 Å². The Morgan fingerprint density at radius 1 is 0.818 bits per heavy atom. The molecule has 0 aliphatic rings. The summed E-state index contributed by atoms with van der Waals surface area (Å²) in [6.45, 7) is 0. The first-order valence-corrected chi connectivity index (χ1v) is 5.64. The van der Waals surface area contributed by atoms with Gasteiger partial charge in [0, 0.05) is 12.1 Å². The number of carbonyl (C=O) groups is 4. The van der Waals surface area contributed by atoms with Gasteiger partial charge in [-0.2, -0.15) is 0 Å². The molecule has 0 saturated carbocycles. The van der Waals surface area contributed by atoms with E-state index >= 15 is 0 Å². The fourth-order valence-electron chi connectivity index (χ4n) is 1.44. The lowest BCUT2D eigenvalue weighted by molar-refractivity contribution is -0.147. The van der Waals surface area contributed by atoms with Crippen LogP contribution in [0.1, 0.15) is 0 Å². The summed E-state index contributed by atoms with van der Waals surface area (Å²) in [6, 6.07) is 2.36. The second kappa shape index (κ2) is 6.92. The maximum absolute atomic E-state index is 11.2. The van der Waals surface area contributed by atoms with Crippen LogP contribution in [-0.2, 0) is 19.2 Å². The molecule has 118 valence electrons. The lowest BCUT2D eigenvalue weighted by Gasteiger charge is -2.15. The first-order valence-electron chi connectivity index (χ1n) is 5.64. The molecule has 1 rings (SSSR count). The van der Waals surface area contributed by atoms with Crippen LogP contribution in [0.4, 0.5) is 11.4 Å². The third kappa shape index (κ3) is 3.85. The van der Waals surface area contributed by atoms with Crippen molar-refractivity contribution in [3.63, 3.8) is 0 Å². The fraction of sp³-hybridized carbons (Fsp3) is 0.167. The van der Waals surface area contributed by atoms with E-state index in [0.29, 0.717) is 0 Å². The lowest BCUT2D eigenvalue weighted by atomic mass is 10.2. The molecule has 0 aliphatic heterocycles. The number of aliphatic carboxylic acids is 2. The van der Waals surface area contributed by atoms with Gasteiger partial charge in [-0.3, -0.25) is 9.59 Å². The number of hydrogen-bond donors (Lipinski definition) is 4. The average molecular weight is 312 g/mol. The largest absolute Gasteiger partial charge is 0.493 e. The number of amides is 2. The van der Waals surface area contributed by atoms with Crippen LogP contribution in [0.5, 0.6) is 11.5 Å². The molecular formula is C12H12N2O8. The van der Waals surface area contributed by atoms with Gasteiger partial charge in [0.2, 0.25) is 0 Å². The number of anilines is 2. The van der Waals surface area contributed by atoms with E-state index in [1.807, 2.05) is 10.6 Å². The molecule has 2 amide bonds. The minimum atomic E-state index is -1.76. The van der Waals surface area contributed by atoms with Crippen LogP contribution < -0.4 is 20.1 Å². The van der Waals surface area contributed by atoms with Gasteiger partial charge >= 0.3 is 23.8 Å². The summed E-state index contributed by atoms with van der Waals surface area (Å²) in [6.07, 6.45) is 0. The van der Waals surface area contributed by atoms with Gasteiger partial charge in [-0.05, 0) is 0 Å². The normalized spacial score (nSPS) is 9.55. The van der Waals surface area contributed by atoms with Crippen LogP contribution in [-0.4, -0.2) is 48.2 Å². The molecule has 0 spiro atoms. The van der Waals surface area contributed by atoms with Crippen molar-refractivity contribution in [2.24, 2.45) is 0 Å². The summed E-state index contributed by atoms with van der Waals surface area (Å²) >= 11 is 0. The summed E-state index contributed by atoms with van der Waals surface area (Å²) in [5, 5.41) is 21.2. The fourth-order valence-corrected chi connectivity index (χ4v) is 1.44. The lowest BCUT2D eigenvalue weighted by Crippen LogP contribution is -2.25. The molecular weight excluding hydrogens is 300 g/mol. The Morgan fingerprint density at radius 2 is 1.14 bits per heavy atom. The molecule has 0 unspecified atom stereocenters. The van der Waals surface area contributed by atoms with Gasteiger partial charge in [0.15, 0.2) is 11.5 Å². The van der Waals surface area contributed by atoms with Gasteiger partial charge in [-0.15, -0.1) is 0 Å². The number of ether oxygens (including phenoxy) is 2. The number of hydrogen-bond acceptors (Lipinski definition) is 6. The van der Waals surface area contributed by atoms with Crippen molar-refractivity contribution < 1.29 is 38.9 Å². The van der Waals surface area contributed by atoms with Gasteiger partial charge in [0.25, 0.3) is 0 Å². The highest BCUT2D eigenvalue weighted by molar-refractivity contribution is 6.38. The smallest absolute Gasteiger partial charge is 0.394 e. The molecule has 0 heterocycles. The van der Waals surface area contributed by atoms with Crippen molar-refractivity contribution in [1.82, 2.24) is 0 Å². The summed E-state index contributed by atoms with van der Waals surface area (Å²) in [5.74, 6) is -6.00. The molecule has 1 aromatic carbocycles. The van der Waals surface area contributed by atoms with Crippen molar-refractivity contribution >= 4 is 35.1 Å². The minimum Gasteiger partial charge on any atom is -0.493 e. The predicted octanol–water partition coefficient (Wildman–Crippen LogP) is -0.250. The second-order valence-electron chi connectivity index (χ2n) is 3.77. The molecule has 10 nitrogen and oxygen atoms in total. The Kier molecular flexibility index (Phi) is 5.27. The Bertz CT molecular complexity index is 585. The number of carboxylic acid groups (broad SMARTS) is 2. The molecule has 4 N–H and O–H groups in total. The van der Waals surface area contributed by atoms with Gasteiger partial charge < -0.3 is 30.3 Å². The molecule has 0 aromatic heterocycles. The average Bonchev–Trinajstić information content (AvgIpc) is 2.47. The third-order valence-electron chi connectivity index (χ3n) is 2.41. The SMILES string of the molecule is COc1cc(NC(=O)C(=O)O)c(NC(=O)C(=O)O)cc1OC. The van der Waals surface area contributed by atoms with E-state index in [0.717, 1.165) is 0 Å².